The van der Waals surface area contributed by atoms with Crippen LogP contribution in [0.25, 0.3) is 22.3 Å². The molecule has 1 aliphatic heterocycles. The third-order valence-electron chi connectivity index (χ3n) is 5.36. The number of halogens is 1. The van der Waals surface area contributed by atoms with Crippen molar-refractivity contribution in [2.45, 2.75) is 23.7 Å². The van der Waals surface area contributed by atoms with Crippen molar-refractivity contribution in [1.29, 1.82) is 0 Å². The minimum Gasteiger partial charge on any atom is -0.317 e. The first kappa shape index (κ1) is 19.9. The predicted octanol–water partition coefficient (Wildman–Crippen LogP) is 4.63. The highest BCUT2D eigenvalue weighted by Gasteiger charge is 2.25. The monoisotopic (exact) mass is 502 g/mol. The average Bonchev–Trinajstić information content (AvgIpc) is 3.40. The maximum atomic E-state index is 13.3. The standard InChI is InChI=1S/C21H19BrN4O2S2/c22-15-10-17-18(19-13-29-21(25-19)14-6-8-23-9-7-14)12-26(20(17)24-11-15)30(27,28)16-4-2-1-3-5-16/h1-5,10-14,23H,6-9H2. The molecule has 1 aliphatic rings. The molecule has 0 saturated carbocycles. The second kappa shape index (κ2) is 7.88. The number of nitrogens with zero attached hydrogens (tertiary/aromatic N) is 3. The lowest BCUT2D eigenvalue weighted by atomic mass is 9.99. The Morgan fingerprint density at radius 3 is 2.70 bits per heavy atom. The molecule has 0 spiro atoms. The Balaban J connectivity index is 1.65. The van der Waals surface area contributed by atoms with Crippen LogP contribution < -0.4 is 5.32 Å². The summed E-state index contributed by atoms with van der Waals surface area (Å²) in [6, 6.07) is 10.3. The smallest absolute Gasteiger partial charge is 0.269 e. The summed E-state index contributed by atoms with van der Waals surface area (Å²) in [5.74, 6) is 0.455. The van der Waals surface area contributed by atoms with Crippen LogP contribution in [0.2, 0.25) is 0 Å². The number of hydrogen-bond acceptors (Lipinski definition) is 6. The van der Waals surface area contributed by atoms with Gasteiger partial charge >= 0.3 is 0 Å². The maximum absolute atomic E-state index is 13.3. The van der Waals surface area contributed by atoms with Gasteiger partial charge in [0.25, 0.3) is 10.0 Å². The van der Waals surface area contributed by atoms with Crippen molar-refractivity contribution >= 4 is 48.3 Å². The number of aromatic nitrogens is 3. The van der Waals surface area contributed by atoms with Gasteiger partial charge in [-0.1, -0.05) is 18.2 Å². The van der Waals surface area contributed by atoms with E-state index in [2.05, 4.69) is 26.2 Å². The van der Waals surface area contributed by atoms with Crippen LogP contribution in [0.15, 0.2) is 63.5 Å². The first-order valence-corrected chi connectivity index (χ1v) is 12.8. The summed E-state index contributed by atoms with van der Waals surface area (Å²) in [5, 5.41) is 7.27. The highest BCUT2D eigenvalue weighted by Crippen LogP contribution is 2.36. The van der Waals surface area contributed by atoms with Gasteiger partial charge in [0.1, 0.15) is 0 Å². The quantitative estimate of drug-likeness (QED) is 0.440. The second-order valence-corrected chi connectivity index (χ2v) is 10.9. The van der Waals surface area contributed by atoms with Crippen molar-refractivity contribution in [2.75, 3.05) is 13.1 Å². The van der Waals surface area contributed by atoms with Crippen LogP contribution in [-0.4, -0.2) is 35.4 Å². The van der Waals surface area contributed by atoms with Crippen molar-refractivity contribution in [2.24, 2.45) is 0 Å². The molecule has 0 unspecified atom stereocenters. The van der Waals surface area contributed by atoms with Gasteiger partial charge in [-0.2, -0.15) is 0 Å². The number of thiazole rings is 1. The molecule has 9 heteroatoms. The van der Waals surface area contributed by atoms with E-state index in [0.29, 0.717) is 11.6 Å². The molecule has 30 heavy (non-hydrogen) atoms. The molecular formula is C21H19BrN4O2S2. The molecule has 4 aromatic rings. The SMILES string of the molecule is O=S(=O)(c1ccccc1)n1cc(-c2csc(C3CCNCC3)n2)c2cc(Br)cnc21. The van der Waals surface area contributed by atoms with E-state index in [4.69, 9.17) is 4.98 Å². The number of fused-ring (bicyclic) bond motifs is 1. The normalized spacial score (nSPS) is 15.6. The fourth-order valence-electron chi connectivity index (χ4n) is 3.81. The van der Waals surface area contributed by atoms with E-state index < -0.39 is 10.0 Å². The third-order valence-corrected chi connectivity index (χ3v) is 8.47. The van der Waals surface area contributed by atoms with E-state index in [-0.39, 0.29) is 4.90 Å². The molecule has 1 N–H and O–H groups in total. The summed E-state index contributed by atoms with van der Waals surface area (Å²) in [4.78, 5) is 9.54. The Kier molecular flexibility index (Phi) is 5.22. The van der Waals surface area contributed by atoms with Crippen LogP contribution in [0.4, 0.5) is 0 Å². The van der Waals surface area contributed by atoms with Crippen molar-refractivity contribution < 1.29 is 8.42 Å². The van der Waals surface area contributed by atoms with Gasteiger partial charge in [0.2, 0.25) is 0 Å². The Morgan fingerprint density at radius 2 is 1.93 bits per heavy atom. The Morgan fingerprint density at radius 1 is 1.17 bits per heavy atom. The molecule has 0 aliphatic carbocycles. The molecule has 0 radical (unpaired) electrons. The van der Waals surface area contributed by atoms with Crippen LogP contribution >= 0.6 is 27.3 Å². The Hall–Kier alpha value is -2.07. The highest BCUT2D eigenvalue weighted by atomic mass is 79.9. The molecule has 6 nitrogen and oxygen atoms in total. The molecule has 4 heterocycles. The first-order valence-electron chi connectivity index (χ1n) is 9.68. The van der Waals surface area contributed by atoms with Crippen molar-refractivity contribution in [1.82, 2.24) is 19.3 Å². The van der Waals surface area contributed by atoms with E-state index in [0.717, 1.165) is 52.1 Å². The zero-order chi connectivity index (χ0) is 20.7. The Bertz CT molecular complexity index is 1310. The van der Waals surface area contributed by atoms with Crippen LogP contribution in [0.3, 0.4) is 0 Å². The molecule has 154 valence electrons. The van der Waals surface area contributed by atoms with Gasteiger partial charge in [-0.3, -0.25) is 0 Å². The number of piperidine rings is 1. The van der Waals surface area contributed by atoms with Gasteiger partial charge in [-0.15, -0.1) is 11.3 Å². The minimum absolute atomic E-state index is 0.229. The molecule has 3 aromatic heterocycles. The van der Waals surface area contributed by atoms with Gasteiger partial charge in [0.05, 0.1) is 15.6 Å². The van der Waals surface area contributed by atoms with Gasteiger partial charge < -0.3 is 5.32 Å². The Labute approximate surface area is 187 Å². The molecule has 1 saturated heterocycles. The number of hydrogen-bond donors (Lipinski definition) is 1. The lowest BCUT2D eigenvalue weighted by Gasteiger charge is -2.20. The average molecular weight is 503 g/mol. The minimum atomic E-state index is -3.77. The molecule has 0 amide bonds. The van der Waals surface area contributed by atoms with Crippen LogP contribution in [0.5, 0.6) is 0 Å². The van der Waals surface area contributed by atoms with Crippen molar-refractivity contribution in [3.63, 3.8) is 0 Å². The summed E-state index contributed by atoms with van der Waals surface area (Å²) < 4.78 is 28.7. The van der Waals surface area contributed by atoms with Gasteiger partial charge in [-0.25, -0.2) is 22.4 Å². The fourth-order valence-corrected chi connectivity index (χ4v) is 6.48. The topological polar surface area (TPSA) is 76.9 Å². The highest BCUT2D eigenvalue weighted by molar-refractivity contribution is 9.10. The molecule has 5 rings (SSSR count). The van der Waals surface area contributed by atoms with Crippen molar-refractivity contribution in [3.8, 4) is 11.3 Å². The van der Waals surface area contributed by atoms with E-state index in [1.807, 2.05) is 11.4 Å². The molecule has 1 fully saturated rings. The van der Waals surface area contributed by atoms with Crippen molar-refractivity contribution in [3.05, 3.63) is 63.7 Å². The first-order chi connectivity index (χ1) is 14.5. The van der Waals surface area contributed by atoms with E-state index in [1.54, 1.807) is 54.1 Å². The number of nitrogens with one attached hydrogen (secondary N) is 1. The summed E-state index contributed by atoms with van der Waals surface area (Å²) >= 11 is 5.11. The molecule has 0 bridgehead atoms. The predicted molar refractivity (Wildman–Crippen MR) is 122 cm³/mol. The van der Waals surface area contributed by atoms with Crippen LogP contribution in [0.1, 0.15) is 23.8 Å². The molecule has 0 atom stereocenters. The fraction of sp³-hybridized carbons (Fsp3) is 0.238. The van der Waals surface area contributed by atoms with Crippen LogP contribution in [0, 0.1) is 0 Å². The molecule has 1 aromatic carbocycles. The summed E-state index contributed by atoms with van der Waals surface area (Å²) in [5.41, 5.74) is 1.96. The lowest BCUT2D eigenvalue weighted by Crippen LogP contribution is -2.26. The zero-order valence-corrected chi connectivity index (χ0v) is 19.2. The summed E-state index contributed by atoms with van der Waals surface area (Å²) in [6.07, 6.45) is 5.41. The molecular weight excluding hydrogens is 484 g/mol. The largest absolute Gasteiger partial charge is 0.317 e. The maximum Gasteiger partial charge on any atom is 0.269 e. The zero-order valence-electron chi connectivity index (χ0n) is 16.0. The van der Waals surface area contributed by atoms with E-state index in [1.165, 1.54) is 3.97 Å². The number of benzene rings is 1. The lowest BCUT2D eigenvalue weighted by molar-refractivity contribution is 0.459. The van der Waals surface area contributed by atoms with E-state index >= 15 is 0 Å². The number of pyridine rings is 1. The van der Waals surface area contributed by atoms with Gasteiger partial charge in [0.15, 0.2) is 5.65 Å². The van der Waals surface area contributed by atoms with Crippen LogP contribution in [-0.2, 0) is 10.0 Å². The second-order valence-electron chi connectivity index (χ2n) is 7.28. The summed E-state index contributed by atoms with van der Waals surface area (Å²) in [7, 11) is -3.77. The number of rotatable bonds is 4. The van der Waals surface area contributed by atoms with E-state index in [9.17, 15) is 8.42 Å². The van der Waals surface area contributed by atoms with Gasteiger partial charge in [-0.05, 0) is 60.1 Å². The third kappa shape index (κ3) is 3.49. The van der Waals surface area contributed by atoms with Gasteiger partial charge in [0, 0.05) is 39.1 Å². The summed E-state index contributed by atoms with van der Waals surface area (Å²) in [6.45, 7) is 2.01.